The summed E-state index contributed by atoms with van der Waals surface area (Å²) < 4.78 is 21.5. The Balaban J connectivity index is 1.53. The number of rotatable bonds is 5. The molecule has 2 aromatic carbocycles. The summed E-state index contributed by atoms with van der Waals surface area (Å²) in [6.45, 7) is 0.311. The summed E-state index contributed by atoms with van der Waals surface area (Å²) in [6, 6.07) is 12.6. The lowest BCUT2D eigenvalue weighted by Crippen LogP contribution is -2.35. The van der Waals surface area contributed by atoms with Gasteiger partial charge in [-0.2, -0.15) is 0 Å². The van der Waals surface area contributed by atoms with Gasteiger partial charge in [0.15, 0.2) is 6.29 Å². The molecule has 0 N–H and O–H groups in total. The van der Waals surface area contributed by atoms with Crippen LogP contribution in [0.15, 0.2) is 48.5 Å². The topological polar surface area (TPSA) is 97.1 Å². The van der Waals surface area contributed by atoms with E-state index in [1.807, 2.05) is 12.1 Å². The van der Waals surface area contributed by atoms with Gasteiger partial charge in [0, 0.05) is 17.7 Å². The number of hydrogen-bond donors (Lipinski definition) is 0. The summed E-state index contributed by atoms with van der Waals surface area (Å²) in [7, 11) is 1.59. The number of esters is 1. The monoisotopic (exact) mass is 359 g/mol. The van der Waals surface area contributed by atoms with Crippen molar-refractivity contribution in [1.82, 2.24) is 0 Å². The van der Waals surface area contributed by atoms with Gasteiger partial charge in [0.1, 0.15) is 17.4 Å². The second kappa shape index (κ2) is 7.94. The number of carbonyl (C=O) groups is 1. The van der Waals surface area contributed by atoms with Crippen LogP contribution in [-0.2, 0) is 14.3 Å². The first-order valence-electron chi connectivity index (χ1n) is 7.90. The minimum absolute atomic E-state index is 0.0727. The third kappa shape index (κ3) is 4.16. The Bertz CT molecular complexity index is 765. The van der Waals surface area contributed by atoms with Crippen molar-refractivity contribution in [1.29, 1.82) is 0 Å². The molecular weight excluding hydrogens is 342 g/mol. The zero-order valence-electron chi connectivity index (χ0n) is 14.0. The smallest absolute Gasteiger partial charge is 0.319 e. The number of ether oxygens (including phenoxy) is 4. The molecule has 136 valence electrons. The molecule has 8 heteroatoms. The number of carbonyl (C=O) groups excluding carboxylic acids is 1. The van der Waals surface area contributed by atoms with Crippen LogP contribution < -0.4 is 9.47 Å². The second-order valence-electron chi connectivity index (χ2n) is 5.64. The number of nitro groups is 1. The molecule has 1 heterocycles. The standard InChI is InChI=1S/C18H17NO7/c1-23-15-6-2-12(3-7-15)18-24-10-13(11-25-18)17(20)26-16-8-4-14(5-9-16)19(21)22/h2-9,13,18H,10-11H2,1H3. The maximum absolute atomic E-state index is 12.2. The van der Waals surface area contributed by atoms with E-state index in [2.05, 4.69) is 0 Å². The van der Waals surface area contributed by atoms with E-state index < -0.39 is 23.1 Å². The molecule has 8 nitrogen and oxygen atoms in total. The van der Waals surface area contributed by atoms with Crippen LogP contribution in [0.3, 0.4) is 0 Å². The third-order valence-electron chi connectivity index (χ3n) is 3.88. The van der Waals surface area contributed by atoms with Crippen molar-refractivity contribution >= 4 is 11.7 Å². The predicted molar refractivity (Wildman–Crippen MR) is 89.9 cm³/mol. The fourth-order valence-electron chi connectivity index (χ4n) is 2.43. The highest BCUT2D eigenvalue weighted by atomic mass is 16.7. The van der Waals surface area contributed by atoms with Gasteiger partial charge in [-0.25, -0.2) is 0 Å². The Morgan fingerprint density at radius 3 is 2.15 bits per heavy atom. The molecule has 1 fully saturated rings. The van der Waals surface area contributed by atoms with Gasteiger partial charge in [-0.15, -0.1) is 0 Å². The molecule has 0 atom stereocenters. The van der Waals surface area contributed by atoms with Crippen LogP contribution in [0.4, 0.5) is 5.69 Å². The minimum Gasteiger partial charge on any atom is -0.497 e. The van der Waals surface area contributed by atoms with Crippen LogP contribution in [0, 0.1) is 16.0 Å². The number of hydrogen-bond acceptors (Lipinski definition) is 7. The Kier molecular flexibility index (Phi) is 5.45. The Morgan fingerprint density at radius 2 is 1.62 bits per heavy atom. The van der Waals surface area contributed by atoms with E-state index in [1.54, 1.807) is 19.2 Å². The third-order valence-corrected chi connectivity index (χ3v) is 3.88. The van der Waals surface area contributed by atoms with Crippen molar-refractivity contribution in [2.24, 2.45) is 5.92 Å². The van der Waals surface area contributed by atoms with Gasteiger partial charge < -0.3 is 18.9 Å². The number of nitrogens with zero attached hydrogens (tertiary/aromatic N) is 1. The first kappa shape index (κ1) is 17.8. The maximum Gasteiger partial charge on any atom is 0.319 e. The van der Waals surface area contributed by atoms with Gasteiger partial charge in [0.05, 0.1) is 25.2 Å². The van der Waals surface area contributed by atoms with E-state index in [4.69, 9.17) is 18.9 Å². The van der Waals surface area contributed by atoms with Crippen molar-refractivity contribution in [2.75, 3.05) is 20.3 Å². The molecule has 1 aliphatic rings. The van der Waals surface area contributed by atoms with Gasteiger partial charge in [-0.1, -0.05) is 12.1 Å². The van der Waals surface area contributed by atoms with E-state index in [1.165, 1.54) is 24.3 Å². The first-order valence-corrected chi connectivity index (χ1v) is 7.90. The van der Waals surface area contributed by atoms with E-state index in [-0.39, 0.29) is 24.7 Å². The van der Waals surface area contributed by atoms with Crippen molar-refractivity contribution < 1.29 is 28.7 Å². The van der Waals surface area contributed by atoms with Crippen LogP contribution in [0.25, 0.3) is 0 Å². The molecule has 0 radical (unpaired) electrons. The molecular formula is C18H17NO7. The Labute approximate surface area is 149 Å². The van der Waals surface area contributed by atoms with Gasteiger partial charge in [0.2, 0.25) is 0 Å². The number of nitro benzene ring substituents is 1. The average Bonchev–Trinajstić information content (AvgIpc) is 2.68. The second-order valence-corrected chi connectivity index (χ2v) is 5.64. The highest BCUT2D eigenvalue weighted by molar-refractivity contribution is 5.75. The normalized spacial score (nSPS) is 19.6. The molecule has 0 saturated carbocycles. The van der Waals surface area contributed by atoms with E-state index in [9.17, 15) is 14.9 Å². The van der Waals surface area contributed by atoms with E-state index >= 15 is 0 Å². The summed E-state index contributed by atoms with van der Waals surface area (Å²) in [5.41, 5.74) is 0.754. The van der Waals surface area contributed by atoms with Crippen LogP contribution >= 0.6 is 0 Å². The van der Waals surface area contributed by atoms with Crippen molar-refractivity contribution in [3.8, 4) is 11.5 Å². The lowest BCUT2D eigenvalue weighted by atomic mass is 10.1. The van der Waals surface area contributed by atoms with Crippen LogP contribution in [-0.4, -0.2) is 31.2 Å². The molecule has 26 heavy (non-hydrogen) atoms. The highest BCUT2D eigenvalue weighted by Gasteiger charge is 2.30. The van der Waals surface area contributed by atoms with Crippen molar-refractivity contribution in [2.45, 2.75) is 6.29 Å². The molecule has 2 aromatic rings. The molecule has 0 aromatic heterocycles. The van der Waals surface area contributed by atoms with Crippen LogP contribution in [0.1, 0.15) is 11.9 Å². The zero-order valence-corrected chi connectivity index (χ0v) is 14.0. The number of benzene rings is 2. The van der Waals surface area contributed by atoms with Gasteiger partial charge in [0.25, 0.3) is 5.69 Å². The van der Waals surface area contributed by atoms with E-state index in [0.29, 0.717) is 0 Å². The Morgan fingerprint density at radius 1 is 1.04 bits per heavy atom. The fourth-order valence-corrected chi connectivity index (χ4v) is 2.43. The fraction of sp³-hybridized carbons (Fsp3) is 0.278. The summed E-state index contributed by atoms with van der Waals surface area (Å²) >= 11 is 0. The highest BCUT2D eigenvalue weighted by Crippen LogP contribution is 2.27. The number of methoxy groups -OCH3 is 1. The molecule has 0 unspecified atom stereocenters. The maximum atomic E-state index is 12.2. The number of non-ortho nitro benzene ring substituents is 1. The van der Waals surface area contributed by atoms with Crippen molar-refractivity contribution in [3.63, 3.8) is 0 Å². The Hall–Kier alpha value is -2.97. The summed E-state index contributed by atoms with van der Waals surface area (Å²) in [5.74, 6) is -0.112. The summed E-state index contributed by atoms with van der Waals surface area (Å²) in [6.07, 6.45) is -0.552. The van der Waals surface area contributed by atoms with Crippen molar-refractivity contribution in [3.05, 3.63) is 64.2 Å². The minimum atomic E-state index is -0.570. The largest absolute Gasteiger partial charge is 0.497 e. The summed E-state index contributed by atoms with van der Waals surface area (Å²) in [4.78, 5) is 22.3. The average molecular weight is 359 g/mol. The van der Waals surface area contributed by atoms with Gasteiger partial charge >= 0.3 is 5.97 Å². The lowest BCUT2D eigenvalue weighted by molar-refractivity contribution is -0.384. The molecule has 0 amide bonds. The SMILES string of the molecule is COc1ccc(C2OCC(C(=O)Oc3ccc([N+](=O)[O-])cc3)CO2)cc1. The molecule has 0 spiro atoms. The van der Waals surface area contributed by atoms with Gasteiger partial charge in [-0.05, 0) is 24.3 Å². The van der Waals surface area contributed by atoms with Crippen LogP contribution in [0.2, 0.25) is 0 Å². The lowest BCUT2D eigenvalue weighted by Gasteiger charge is -2.28. The van der Waals surface area contributed by atoms with Gasteiger partial charge in [-0.3, -0.25) is 14.9 Å². The van der Waals surface area contributed by atoms with Crippen LogP contribution in [0.5, 0.6) is 11.5 Å². The molecule has 3 rings (SSSR count). The zero-order chi connectivity index (χ0) is 18.5. The molecule has 1 saturated heterocycles. The molecule has 1 aliphatic heterocycles. The molecule has 0 aliphatic carbocycles. The summed E-state index contributed by atoms with van der Waals surface area (Å²) in [5, 5.41) is 10.6. The first-order chi connectivity index (χ1) is 12.6. The predicted octanol–water partition coefficient (Wildman–Crippen LogP) is 2.87. The van der Waals surface area contributed by atoms with E-state index in [0.717, 1.165) is 11.3 Å². The quantitative estimate of drug-likeness (QED) is 0.350. The molecule has 0 bridgehead atoms.